The molecule has 4 nitrogen and oxygen atoms in total. The summed E-state index contributed by atoms with van der Waals surface area (Å²) < 4.78 is 5.27. The fraction of sp³-hybridized carbons (Fsp3) is 0.562. The number of methoxy groups -OCH3 is 1. The lowest BCUT2D eigenvalue weighted by atomic mass is 10.2. The van der Waals surface area contributed by atoms with E-state index < -0.39 is 0 Å². The zero-order valence-corrected chi connectivity index (χ0v) is 12.2. The molecule has 0 N–H and O–H groups in total. The molecule has 0 bridgehead atoms. The molecule has 1 heterocycles. The van der Waals surface area contributed by atoms with Crippen molar-refractivity contribution < 1.29 is 9.53 Å². The molecule has 0 radical (unpaired) electrons. The predicted octanol–water partition coefficient (Wildman–Crippen LogP) is 2.00. The number of rotatable bonds is 3. The maximum Gasteiger partial charge on any atom is 0.226 e. The van der Waals surface area contributed by atoms with Crippen LogP contribution in [0.4, 0.5) is 5.69 Å². The van der Waals surface area contributed by atoms with Gasteiger partial charge in [0, 0.05) is 43.9 Å². The van der Waals surface area contributed by atoms with Crippen molar-refractivity contribution in [2.75, 3.05) is 38.2 Å². The first-order valence-electron chi connectivity index (χ1n) is 7.37. The van der Waals surface area contributed by atoms with E-state index in [0.29, 0.717) is 17.7 Å². The topological polar surface area (TPSA) is 32.8 Å². The van der Waals surface area contributed by atoms with Crippen LogP contribution >= 0.6 is 0 Å². The lowest BCUT2D eigenvalue weighted by Gasteiger charge is -2.36. The van der Waals surface area contributed by atoms with E-state index in [4.69, 9.17) is 4.74 Å². The summed E-state index contributed by atoms with van der Waals surface area (Å²) >= 11 is 0. The van der Waals surface area contributed by atoms with E-state index in [1.54, 1.807) is 7.11 Å². The fourth-order valence-electron chi connectivity index (χ4n) is 2.89. The average molecular weight is 274 g/mol. The zero-order chi connectivity index (χ0) is 14.1. The van der Waals surface area contributed by atoms with Gasteiger partial charge < -0.3 is 14.5 Å². The maximum absolute atomic E-state index is 12.2. The summed E-state index contributed by atoms with van der Waals surface area (Å²) in [4.78, 5) is 16.6. The number of hydrogen-bond acceptors (Lipinski definition) is 3. The summed E-state index contributed by atoms with van der Waals surface area (Å²) in [6, 6.07) is 8.12. The molecule has 1 amide bonds. The second-order valence-electron chi connectivity index (χ2n) is 5.83. The van der Waals surface area contributed by atoms with Crippen LogP contribution in [-0.2, 0) is 4.79 Å². The molecular formula is C16H22N2O2. The molecule has 1 aliphatic heterocycles. The molecule has 1 aromatic carbocycles. The van der Waals surface area contributed by atoms with Crippen LogP contribution in [0.15, 0.2) is 24.3 Å². The minimum atomic E-state index is 0.304. The lowest BCUT2D eigenvalue weighted by molar-refractivity contribution is -0.133. The van der Waals surface area contributed by atoms with Crippen molar-refractivity contribution in [2.24, 2.45) is 11.8 Å². The highest BCUT2D eigenvalue weighted by Crippen LogP contribution is 2.39. The molecule has 3 rings (SSSR count). The molecule has 1 aromatic rings. The Morgan fingerprint density at radius 2 is 1.95 bits per heavy atom. The Morgan fingerprint density at radius 3 is 2.55 bits per heavy atom. The van der Waals surface area contributed by atoms with Crippen LogP contribution in [0.25, 0.3) is 0 Å². The summed E-state index contributed by atoms with van der Waals surface area (Å²) in [7, 11) is 1.69. The van der Waals surface area contributed by atoms with Crippen molar-refractivity contribution in [3.8, 4) is 5.75 Å². The third-order valence-electron chi connectivity index (χ3n) is 4.44. The normalized spacial score (nSPS) is 25.5. The van der Waals surface area contributed by atoms with Crippen LogP contribution in [-0.4, -0.2) is 44.1 Å². The van der Waals surface area contributed by atoms with Crippen LogP contribution in [0.3, 0.4) is 0 Å². The van der Waals surface area contributed by atoms with E-state index in [2.05, 4.69) is 24.0 Å². The third-order valence-corrected chi connectivity index (χ3v) is 4.44. The van der Waals surface area contributed by atoms with E-state index in [0.717, 1.165) is 38.3 Å². The van der Waals surface area contributed by atoms with Gasteiger partial charge in [-0.25, -0.2) is 0 Å². The van der Waals surface area contributed by atoms with Gasteiger partial charge >= 0.3 is 0 Å². The lowest BCUT2D eigenvalue weighted by Crippen LogP contribution is -2.49. The number of ether oxygens (including phenoxy) is 1. The van der Waals surface area contributed by atoms with Gasteiger partial charge in [-0.3, -0.25) is 4.79 Å². The number of amides is 1. The number of carbonyl (C=O) groups is 1. The van der Waals surface area contributed by atoms with Crippen LogP contribution in [0.1, 0.15) is 13.3 Å². The van der Waals surface area contributed by atoms with Gasteiger partial charge in [-0.2, -0.15) is 0 Å². The van der Waals surface area contributed by atoms with Gasteiger partial charge in [0.1, 0.15) is 5.75 Å². The number of benzene rings is 1. The summed E-state index contributed by atoms with van der Waals surface area (Å²) in [6.07, 6.45) is 1.08. The molecule has 2 unspecified atom stereocenters. The van der Waals surface area contributed by atoms with Gasteiger partial charge in [0.15, 0.2) is 0 Å². The molecule has 2 aliphatic rings. The average Bonchev–Trinajstić information content (AvgIpc) is 3.24. The molecule has 4 heteroatoms. The molecule has 2 atom stereocenters. The van der Waals surface area contributed by atoms with Gasteiger partial charge in [-0.15, -0.1) is 0 Å². The first kappa shape index (κ1) is 13.3. The van der Waals surface area contributed by atoms with Crippen LogP contribution in [0.2, 0.25) is 0 Å². The molecule has 0 aromatic heterocycles. The Kier molecular flexibility index (Phi) is 3.55. The Labute approximate surface area is 120 Å². The smallest absolute Gasteiger partial charge is 0.226 e. The molecule has 0 spiro atoms. The highest BCUT2D eigenvalue weighted by molar-refractivity contribution is 5.81. The molecule has 1 saturated heterocycles. The number of anilines is 1. The molecule has 1 aliphatic carbocycles. The van der Waals surface area contributed by atoms with E-state index in [1.165, 1.54) is 5.69 Å². The van der Waals surface area contributed by atoms with Gasteiger partial charge in [0.25, 0.3) is 0 Å². The third kappa shape index (κ3) is 2.60. The number of hydrogen-bond donors (Lipinski definition) is 0. The van der Waals surface area contributed by atoms with Gasteiger partial charge in [0.05, 0.1) is 7.11 Å². The van der Waals surface area contributed by atoms with Gasteiger partial charge in [-0.05, 0) is 24.5 Å². The van der Waals surface area contributed by atoms with Crippen LogP contribution in [0.5, 0.6) is 5.75 Å². The largest absolute Gasteiger partial charge is 0.497 e. The van der Waals surface area contributed by atoms with E-state index in [9.17, 15) is 4.79 Å². The zero-order valence-electron chi connectivity index (χ0n) is 12.2. The summed E-state index contributed by atoms with van der Waals surface area (Å²) in [5.74, 6) is 2.15. The second-order valence-corrected chi connectivity index (χ2v) is 5.83. The maximum atomic E-state index is 12.2. The second kappa shape index (κ2) is 5.35. The first-order chi connectivity index (χ1) is 9.69. The summed E-state index contributed by atoms with van der Waals surface area (Å²) in [5, 5.41) is 0. The highest BCUT2D eigenvalue weighted by Gasteiger charge is 2.41. The van der Waals surface area contributed by atoms with E-state index >= 15 is 0 Å². The van der Waals surface area contributed by atoms with E-state index in [-0.39, 0.29) is 0 Å². The number of carbonyl (C=O) groups excluding carboxylic acids is 1. The van der Waals surface area contributed by atoms with Gasteiger partial charge in [-0.1, -0.05) is 13.0 Å². The Hall–Kier alpha value is -1.71. The summed E-state index contributed by atoms with van der Waals surface area (Å²) in [5.41, 5.74) is 1.18. The molecule has 20 heavy (non-hydrogen) atoms. The standard InChI is InChI=1S/C16H22N2O2/c1-12-10-15(12)16(19)18-8-6-17(7-9-18)13-4-3-5-14(11-13)20-2/h3-5,11-12,15H,6-10H2,1-2H3. The Bertz CT molecular complexity index is 495. The fourth-order valence-corrected chi connectivity index (χ4v) is 2.89. The minimum absolute atomic E-state index is 0.304. The number of nitrogens with zero attached hydrogens (tertiary/aromatic N) is 2. The van der Waals surface area contributed by atoms with Crippen molar-refractivity contribution >= 4 is 11.6 Å². The Balaban J connectivity index is 1.59. The molecule has 108 valence electrons. The van der Waals surface area contributed by atoms with E-state index in [1.807, 2.05) is 17.0 Å². The van der Waals surface area contributed by atoms with Crippen molar-refractivity contribution in [3.05, 3.63) is 24.3 Å². The first-order valence-corrected chi connectivity index (χ1v) is 7.37. The van der Waals surface area contributed by atoms with Crippen LogP contribution in [0, 0.1) is 11.8 Å². The van der Waals surface area contributed by atoms with Crippen molar-refractivity contribution in [2.45, 2.75) is 13.3 Å². The quantitative estimate of drug-likeness (QED) is 0.845. The Morgan fingerprint density at radius 1 is 1.25 bits per heavy atom. The predicted molar refractivity (Wildman–Crippen MR) is 79.1 cm³/mol. The molecule has 2 fully saturated rings. The molecule has 1 saturated carbocycles. The SMILES string of the molecule is COc1cccc(N2CCN(C(=O)C3CC3C)CC2)c1. The minimum Gasteiger partial charge on any atom is -0.497 e. The molecular weight excluding hydrogens is 252 g/mol. The van der Waals surface area contributed by atoms with Crippen LogP contribution < -0.4 is 9.64 Å². The highest BCUT2D eigenvalue weighted by atomic mass is 16.5. The number of piperazine rings is 1. The van der Waals surface area contributed by atoms with Crippen molar-refractivity contribution in [1.82, 2.24) is 4.90 Å². The summed E-state index contributed by atoms with van der Waals surface area (Å²) in [6.45, 7) is 5.63. The van der Waals surface area contributed by atoms with Gasteiger partial charge in [0.2, 0.25) is 5.91 Å². The monoisotopic (exact) mass is 274 g/mol. The van der Waals surface area contributed by atoms with Crippen molar-refractivity contribution in [1.29, 1.82) is 0 Å². The van der Waals surface area contributed by atoms with Crippen molar-refractivity contribution in [3.63, 3.8) is 0 Å².